The molecule has 3 aliphatic heterocycles. The number of nitrogens with zero attached hydrogens (tertiary/aromatic N) is 1. The third-order valence-electron chi connectivity index (χ3n) is 15.2. The molecule has 0 radical (unpaired) electrons. The van der Waals surface area contributed by atoms with Crippen molar-refractivity contribution in [1.82, 2.24) is 15.3 Å². The Morgan fingerprint density at radius 3 is 2.18 bits per heavy atom. The first-order chi connectivity index (χ1) is 30.9. The average molecular weight is 891 g/mol. The molecule has 1 saturated heterocycles. The summed E-state index contributed by atoms with van der Waals surface area (Å²) < 4.78 is 11.1. The number of ether oxygens (including phenoxy) is 2. The van der Waals surface area contributed by atoms with Gasteiger partial charge >= 0.3 is 11.9 Å². The first-order valence-electron chi connectivity index (χ1n) is 24.8. The van der Waals surface area contributed by atoms with Crippen LogP contribution in [0.25, 0.3) is 23.8 Å². The summed E-state index contributed by atoms with van der Waals surface area (Å²) in [7, 11) is 1.31. The fourth-order valence-corrected chi connectivity index (χ4v) is 11.1. The van der Waals surface area contributed by atoms with Crippen LogP contribution in [0.2, 0.25) is 0 Å². The van der Waals surface area contributed by atoms with Crippen molar-refractivity contribution in [3.8, 4) is 0 Å². The maximum atomic E-state index is 14.4. The largest absolute Gasteiger partial charge is 0.468 e. The van der Waals surface area contributed by atoms with Gasteiger partial charge in [-0.1, -0.05) is 99.0 Å². The quantitative estimate of drug-likeness (QED) is 0.0520. The van der Waals surface area contributed by atoms with Gasteiger partial charge in [0, 0.05) is 75.1 Å². The summed E-state index contributed by atoms with van der Waals surface area (Å²) in [6.07, 6.45) is 20.9. The van der Waals surface area contributed by atoms with Crippen molar-refractivity contribution < 1.29 is 28.7 Å². The molecule has 0 amide bonds. The van der Waals surface area contributed by atoms with Crippen LogP contribution >= 0.6 is 0 Å². The summed E-state index contributed by atoms with van der Waals surface area (Å²) in [5.41, 5.74) is 8.42. The standard InChI is InChI=1S/C55H78N4O6/c1-13-39-34(7)41-29-46-48(38(11)60)36(9)43(57-46)27-42-35(8)40(52(58-42)50-51(55(63)64-12)54(62)49-37(10)44(59-53(49)50)28-45(39)56-41)23-24-47(61)65-26-25-33(6)22-16-21-32(5)20-15-19-31(4)18-14-17-30(2)3/h25,27-32,34-35,39-40,42,51,57-59H,13-24,26H2,1-12H3/b33-25+,43-27-,45-28-,46-29-,52-50-/t31-,32-,34-,35+,39-,40+,42-,51-/m1/s1. The Kier molecular flexibility index (Phi) is 16.6. The van der Waals surface area contributed by atoms with Crippen LogP contribution < -0.4 is 16.0 Å². The van der Waals surface area contributed by atoms with E-state index in [4.69, 9.17) is 14.5 Å². The SMILES string of the molecule is CC[C@H]1/C2=C/c3[nH]c4c(c3C)C(=O)[C@H](C(=O)OC)/C4=C3/N[C@H](/C=c4\[nH]/c(c(C(C)=O)c4C)=C\C(=N2)[C@@H]1C)[C@@H](C)[C@@H]3CCC(=O)OC/C=C(\C)CCC[C@H](C)CCC[C@H](C)CCCC(C)C. The van der Waals surface area contributed by atoms with E-state index in [1.54, 1.807) is 6.92 Å². The zero-order valence-corrected chi connectivity index (χ0v) is 41.6. The highest BCUT2D eigenvalue weighted by atomic mass is 16.5. The molecule has 4 aliphatic rings. The van der Waals surface area contributed by atoms with Gasteiger partial charge in [0.1, 0.15) is 12.5 Å². The van der Waals surface area contributed by atoms with Crippen molar-refractivity contribution in [3.05, 3.63) is 67.4 Å². The van der Waals surface area contributed by atoms with Crippen molar-refractivity contribution in [2.24, 2.45) is 52.3 Å². The molecule has 1 aliphatic carbocycles. The van der Waals surface area contributed by atoms with E-state index in [1.807, 2.05) is 32.1 Å². The number of methoxy groups -OCH3 is 1. The number of fused-ring (bicyclic) bond motifs is 6. The van der Waals surface area contributed by atoms with E-state index < -0.39 is 11.9 Å². The van der Waals surface area contributed by atoms with Crippen LogP contribution in [0.15, 0.2) is 28.0 Å². The summed E-state index contributed by atoms with van der Waals surface area (Å²) in [6, 6.07) is -0.264. The van der Waals surface area contributed by atoms with Gasteiger partial charge in [-0.2, -0.15) is 0 Å². The molecule has 10 heteroatoms. The van der Waals surface area contributed by atoms with Gasteiger partial charge in [-0.15, -0.1) is 0 Å². The number of H-pyrrole nitrogens is 2. The molecule has 10 nitrogen and oxygen atoms in total. The minimum Gasteiger partial charge on any atom is -0.468 e. The molecular formula is C55H78N4O6. The number of allylic oxidation sites excluding steroid dienone is 3. The smallest absolute Gasteiger partial charge is 0.321 e. The summed E-state index contributed by atoms with van der Waals surface area (Å²) in [4.78, 5) is 67.0. The van der Waals surface area contributed by atoms with Gasteiger partial charge in [-0.3, -0.25) is 24.2 Å². The molecule has 8 atom stereocenters. The Hall–Kier alpha value is -4.73. The molecule has 0 unspecified atom stereocenters. The average Bonchev–Trinajstić information content (AvgIpc) is 4.00. The van der Waals surface area contributed by atoms with E-state index in [9.17, 15) is 19.2 Å². The third kappa shape index (κ3) is 11.1. The Morgan fingerprint density at radius 2 is 1.54 bits per heavy atom. The zero-order valence-electron chi connectivity index (χ0n) is 41.6. The number of aromatic amines is 2. The number of rotatable bonds is 20. The highest BCUT2D eigenvalue weighted by Gasteiger charge is 2.49. The number of nitrogens with one attached hydrogen (secondary N) is 3. The molecular weight excluding hydrogens is 813 g/mol. The van der Waals surface area contributed by atoms with Crippen LogP contribution in [0, 0.1) is 61.2 Å². The first-order valence-corrected chi connectivity index (χ1v) is 24.8. The van der Waals surface area contributed by atoms with E-state index in [2.05, 4.69) is 76.8 Å². The number of ketones is 2. The molecule has 0 spiro atoms. The number of carbonyl (C=O) groups excluding carboxylic acids is 4. The van der Waals surface area contributed by atoms with Crippen LogP contribution in [0.3, 0.4) is 0 Å². The zero-order chi connectivity index (χ0) is 47.3. The minimum absolute atomic E-state index is 0.0337. The van der Waals surface area contributed by atoms with Crippen LogP contribution in [-0.4, -0.2) is 58.9 Å². The van der Waals surface area contributed by atoms with Crippen LogP contribution in [0.5, 0.6) is 0 Å². The molecule has 0 saturated carbocycles. The molecule has 0 aromatic carbocycles. The van der Waals surface area contributed by atoms with Crippen molar-refractivity contribution >= 4 is 53.0 Å². The molecule has 354 valence electrons. The molecule has 6 rings (SSSR count). The fraction of sp³-hybridized carbons (Fsp3) is 0.618. The maximum Gasteiger partial charge on any atom is 0.321 e. The lowest BCUT2D eigenvalue weighted by Crippen LogP contribution is -2.28. The Balaban J connectivity index is 1.22. The topological polar surface area (TPSA) is 143 Å². The lowest BCUT2D eigenvalue weighted by atomic mass is 9.83. The van der Waals surface area contributed by atoms with Gasteiger partial charge in [0.15, 0.2) is 11.6 Å². The molecule has 5 heterocycles. The molecule has 2 aromatic rings. The fourth-order valence-electron chi connectivity index (χ4n) is 11.1. The number of carbonyl (C=O) groups is 4. The Labute approximate surface area is 388 Å². The van der Waals surface area contributed by atoms with Gasteiger partial charge < -0.3 is 24.8 Å². The van der Waals surface area contributed by atoms with Crippen LogP contribution in [0.4, 0.5) is 0 Å². The van der Waals surface area contributed by atoms with Crippen LogP contribution in [0.1, 0.15) is 183 Å². The van der Waals surface area contributed by atoms with E-state index in [1.165, 1.54) is 57.6 Å². The number of Topliss-reactive ketones (excluding diaryl/α,β-unsaturated/α-hetero) is 2. The van der Waals surface area contributed by atoms with E-state index in [0.717, 1.165) is 75.7 Å². The maximum absolute atomic E-state index is 14.4. The predicted octanol–water partition coefficient (Wildman–Crippen LogP) is 10.5. The number of hydrogen-bond acceptors (Lipinski definition) is 8. The summed E-state index contributed by atoms with van der Waals surface area (Å²) in [5, 5.41) is 5.30. The molecule has 8 bridgehead atoms. The van der Waals surface area contributed by atoms with E-state index >= 15 is 0 Å². The Bertz CT molecular complexity index is 2370. The first kappa shape index (κ1) is 49.7. The van der Waals surface area contributed by atoms with Crippen molar-refractivity contribution in [1.29, 1.82) is 0 Å². The number of hydrogen-bond donors (Lipinski definition) is 3. The van der Waals surface area contributed by atoms with Gasteiger partial charge in [-0.05, 0) is 112 Å². The highest BCUT2D eigenvalue weighted by molar-refractivity contribution is 6.24. The Morgan fingerprint density at radius 1 is 0.862 bits per heavy atom. The number of esters is 2. The van der Waals surface area contributed by atoms with Gasteiger partial charge in [0.25, 0.3) is 0 Å². The monoisotopic (exact) mass is 891 g/mol. The second-order valence-electron chi connectivity index (χ2n) is 20.6. The lowest BCUT2D eigenvalue weighted by Gasteiger charge is -2.20. The van der Waals surface area contributed by atoms with Gasteiger partial charge in [-0.25, -0.2) is 0 Å². The highest BCUT2D eigenvalue weighted by Crippen LogP contribution is 2.48. The van der Waals surface area contributed by atoms with Crippen molar-refractivity contribution in [2.75, 3.05) is 13.7 Å². The second-order valence-corrected chi connectivity index (χ2v) is 20.6. The number of aliphatic imine (C=N–C) groups is 1. The van der Waals surface area contributed by atoms with Crippen LogP contribution in [-0.2, 0) is 19.1 Å². The third-order valence-corrected chi connectivity index (χ3v) is 15.2. The second kappa shape index (κ2) is 21.7. The molecule has 1 fully saturated rings. The minimum atomic E-state index is -1.16. The number of aromatic nitrogens is 2. The van der Waals surface area contributed by atoms with Gasteiger partial charge in [0.2, 0.25) is 0 Å². The van der Waals surface area contributed by atoms with Gasteiger partial charge in [0.05, 0.1) is 18.2 Å². The normalized spacial score (nSPS) is 26.4. The molecule has 2 aromatic heterocycles. The summed E-state index contributed by atoms with van der Waals surface area (Å²) in [6.45, 7) is 23.7. The summed E-state index contributed by atoms with van der Waals surface area (Å²) >= 11 is 0. The molecule has 65 heavy (non-hydrogen) atoms. The summed E-state index contributed by atoms with van der Waals surface area (Å²) in [5.74, 6) is -0.165. The van der Waals surface area contributed by atoms with E-state index in [0.29, 0.717) is 34.7 Å². The van der Waals surface area contributed by atoms with E-state index in [-0.39, 0.29) is 60.3 Å². The lowest BCUT2D eigenvalue weighted by molar-refractivity contribution is -0.143. The predicted molar refractivity (Wildman–Crippen MR) is 263 cm³/mol. The van der Waals surface area contributed by atoms with Crippen molar-refractivity contribution in [2.45, 2.75) is 159 Å². The van der Waals surface area contributed by atoms with Crippen molar-refractivity contribution in [3.63, 3.8) is 0 Å². The molecule has 3 N–H and O–H groups in total.